The van der Waals surface area contributed by atoms with Crippen molar-refractivity contribution in [2.24, 2.45) is 0 Å². The topological polar surface area (TPSA) is 50.1 Å². The van der Waals surface area contributed by atoms with Crippen LogP contribution < -0.4 is 9.80 Å². The third-order valence-corrected chi connectivity index (χ3v) is 5.66. The molecule has 0 aliphatic carbocycles. The lowest BCUT2D eigenvalue weighted by molar-refractivity contribution is 0.594. The molecule has 2 aromatic carbocycles. The molecular weight excluding hydrogens is 410 g/mol. The molecular formula is C24H22F2N6. The van der Waals surface area contributed by atoms with E-state index in [0.717, 1.165) is 22.6 Å². The Labute approximate surface area is 184 Å². The van der Waals surface area contributed by atoms with E-state index in [1.807, 2.05) is 36.2 Å². The van der Waals surface area contributed by atoms with Crippen molar-refractivity contribution in [2.45, 2.75) is 6.92 Å². The second-order valence-corrected chi connectivity index (χ2v) is 7.72. The van der Waals surface area contributed by atoms with E-state index in [0.29, 0.717) is 37.8 Å². The molecule has 8 heteroatoms. The monoisotopic (exact) mass is 432 g/mol. The van der Waals surface area contributed by atoms with Crippen LogP contribution in [-0.4, -0.2) is 45.9 Å². The Hall–Kier alpha value is -3.81. The van der Waals surface area contributed by atoms with Crippen molar-refractivity contribution in [1.29, 1.82) is 0 Å². The lowest BCUT2D eigenvalue weighted by Gasteiger charge is -2.36. The zero-order valence-corrected chi connectivity index (χ0v) is 17.6. The van der Waals surface area contributed by atoms with Gasteiger partial charge in [0.05, 0.1) is 22.8 Å². The van der Waals surface area contributed by atoms with Gasteiger partial charge in [-0.05, 0) is 49.4 Å². The molecule has 0 radical (unpaired) electrons. The average molecular weight is 432 g/mol. The van der Waals surface area contributed by atoms with Crippen molar-refractivity contribution in [3.05, 3.63) is 84.3 Å². The summed E-state index contributed by atoms with van der Waals surface area (Å²) in [7, 11) is 0. The van der Waals surface area contributed by atoms with Gasteiger partial charge in [-0.1, -0.05) is 12.1 Å². The van der Waals surface area contributed by atoms with E-state index >= 15 is 0 Å². The quantitative estimate of drug-likeness (QED) is 0.483. The van der Waals surface area contributed by atoms with Crippen LogP contribution in [0, 0.1) is 18.6 Å². The number of hydrogen-bond donors (Lipinski definition) is 0. The predicted octanol–water partition coefficient (Wildman–Crippen LogP) is 4.24. The third kappa shape index (κ3) is 3.91. The van der Waals surface area contributed by atoms with Crippen LogP contribution in [0.25, 0.3) is 16.9 Å². The number of halogens is 2. The Morgan fingerprint density at radius 1 is 0.844 bits per heavy atom. The molecule has 32 heavy (non-hydrogen) atoms. The van der Waals surface area contributed by atoms with Crippen molar-refractivity contribution >= 4 is 11.6 Å². The fourth-order valence-corrected chi connectivity index (χ4v) is 3.94. The van der Waals surface area contributed by atoms with Crippen molar-refractivity contribution in [3.63, 3.8) is 0 Å². The van der Waals surface area contributed by atoms with Gasteiger partial charge in [0.1, 0.15) is 11.6 Å². The Morgan fingerprint density at radius 3 is 2.31 bits per heavy atom. The van der Waals surface area contributed by atoms with Gasteiger partial charge in [0, 0.05) is 44.1 Å². The summed E-state index contributed by atoms with van der Waals surface area (Å²) < 4.78 is 29.1. The summed E-state index contributed by atoms with van der Waals surface area (Å²) in [5.74, 6) is 0.158. The van der Waals surface area contributed by atoms with Gasteiger partial charge in [-0.25, -0.2) is 23.4 Å². The fourth-order valence-electron chi connectivity index (χ4n) is 3.94. The number of aryl methyl sites for hydroxylation is 1. The first-order valence-corrected chi connectivity index (χ1v) is 10.5. The number of rotatable bonds is 4. The molecule has 0 amide bonds. The predicted molar refractivity (Wildman–Crippen MR) is 120 cm³/mol. The number of aromatic nitrogens is 4. The van der Waals surface area contributed by atoms with Crippen LogP contribution >= 0.6 is 0 Å². The van der Waals surface area contributed by atoms with E-state index in [1.54, 1.807) is 29.1 Å². The summed E-state index contributed by atoms with van der Waals surface area (Å²) in [5.41, 5.74) is 3.90. The lowest BCUT2D eigenvalue weighted by Crippen LogP contribution is -2.47. The maximum Gasteiger partial charge on any atom is 0.225 e. The van der Waals surface area contributed by atoms with Crippen LogP contribution in [0.5, 0.6) is 0 Å². The van der Waals surface area contributed by atoms with Crippen molar-refractivity contribution in [1.82, 2.24) is 19.7 Å². The molecule has 0 spiro atoms. The first-order valence-electron chi connectivity index (χ1n) is 10.5. The summed E-state index contributed by atoms with van der Waals surface area (Å²) >= 11 is 0. The molecule has 1 saturated heterocycles. The molecule has 0 atom stereocenters. The first-order chi connectivity index (χ1) is 15.6. The molecule has 0 unspecified atom stereocenters. The van der Waals surface area contributed by atoms with Gasteiger partial charge in [0.25, 0.3) is 0 Å². The van der Waals surface area contributed by atoms with Gasteiger partial charge in [-0.15, -0.1) is 0 Å². The number of piperazine rings is 1. The summed E-state index contributed by atoms with van der Waals surface area (Å²) in [6.45, 7) is 4.70. The molecule has 4 aromatic rings. The maximum absolute atomic E-state index is 14.1. The molecule has 162 valence electrons. The minimum Gasteiger partial charge on any atom is -0.366 e. The normalized spacial score (nSPS) is 14.1. The summed E-state index contributed by atoms with van der Waals surface area (Å²) in [6, 6.07) is 14.9. The Morgan fingerprint density at radius 2 is 1.56 bits per heavy atom. The standard InChI is InChI=1S/C24H22F2N6/c1-17-20(16-32(29-17)19-8-6-18(25)7-9-19)22-10-11-27-24(28-22)31-14-12-30(13-15-31)23-5-3-2-4-21(23)26/h2-11,16H,12-15H2,1H3. The van der Waals surface area contributed by atoms with Crippen molar-refractivity contribution in [3.8, 4) is 16.9 Å². The zero-order chi connectivity index (χ0) is 22.1. The third-order valence-electron chi connectivity index (χ3n) is 5.66. The highest BCUT2D eigenvalue weighted by molar-refractivity contribution is 5.63. The van der Waals surface area contributed by atoms with E-state index in [-0.39, 0.29) is 11.6 Å². The molecule has 0 N–H and O–H groups in total. The highest BCUT2D eigenvalue weighted by atomic mass is 19.1. The second kappa shape index (κ2) is 8.37. The van der Waals surface area contributed by atoms with E-state index in [1.165, 1.54) is 18.2 Å². The number of para-hydroxylation sites is 1. The number of benzene rings is 2. The van der Waals surface area contributed by atoms with E-state index in [4.69, 9.17) is 4.98 Å². The molecule has 1 aliphatic heterocycles. The number of hydrogen-bond acceptors (Lipinski definition) is 5. The smallest absolute Gasteiger partial charge is 0.225 e. The lowest BCUT2D eigenvalue weighted by atomic mass is 10.2. The molecule has 2 aromatic heterocycles. The molecule has 5 rings (SSSR count). The molecule has 3 heterocycles. The molecule has 1 aliphatic rings. The van der Waals surface area contributed by atoms with E-state index in [2.05, 4.69) is 15.0 Å². The largest absolute Gasteiger partial charge is 0.366 e. The first kappa shape index (κ1) is 20.1. The van der Waals surface area contributed by atoms with Crippen molar-refractivity contribution in [2.75, 3.05) is 36.0 Å². The maximum atomic E-state index is 14.1. The number of nitrogens with zero attached hydrogens (tertiary/aromatic N) is 6. The van der Waals surface area contributed by atoms with Crippen LogP contribution in [0.15, 0.2) is 67.0 Å². The fraction of sp³-hybridized carbons (Fsp3) is 0.208. The minimum atomic E-state index is -0.284. The zero-order valence-electron chi connectivity index (χ0n) is 17.6. The SMILES string of the molecule is Cc1nn(-c2ccc(F)cc2)cc1-c1ccnc(N2CCN(c3ccccc3F)CC2)n1. The van der Waals surface area contributed by atoms with Gasteiger partial charge >= 0.3 is 0 Å². The molecule has 1 fully saturated rings. The van der Waals surface area contributed by atoms with Gasteiger partial charge in [-0.2, -0.15) is 5.10 Å². The minimum absolute atomic E-state index is 0.201. The molecule has 0 saturated carbocycles. The molecule has 0 bridgehead atoms. The van der Waals surface area contributed by atoms with Crippen LogP contribution in [0.1, 0.15) is 5.69 Å². The van der Waals surface area contributed by atoms with Gasteiger partial charge in [0.15, 0.2) is 0 Å². The summed E-state index contributed by atoms with van der Waals surface area (Å²) in [6.07, 6.45) is 3.64. The Bertz CT molecular complexity index is 1230. The molecule has 6 nitrogen and oxygen atoms in total. The van der Waals surface area contributed by atoms with E-state index in [9.17, 15) is 8.78 Å². The Balaban J connectivity index is 1.35. The highest BCUT2D eigenvalue weighted by Gasteiger charge is 2.21. The summed E-state index contributed by atoms with van der Waals surface area (Å²) in [4.78, 5) is 13.4. The van der Waals surface area contributed by atoms with Crippen LogP contribution in [0.4, 0.5) is 20.4 Å². The van der Waals surface area contributed by atoms with E-state index < -0.39 is 0 Å². The second-order valence-electron chi connectivity index (χ2n) is 7.72. The average Bonchev–Trinajstić information content (AvgIpc) is 3.22. The van der Waals surface area contributed by atoms with Crippen LogP contribution in [0.2, 0.25) is 0 Å². The van der Waals surface area contributed by atoms with Gasteiger partial charge in [0.2, 0.25) is 5.95 Å². The highest BCUT2D eigenvalue weighted by Crippen LogP contribution is 2.25. The van der Waals surface area contributed by atoms with Crippen molar-refractivity contribution < 1.29 is 8.78 Å². The van der Waals surface area contributed by atoms with Gasteiger partial charge < -0.3 is 9.80 Å². The summed E-state index contributed by atoms with van der Waals surface area (Å²) in [5, 5.41) is 4.56. The van der Waals surface area contributed by atoms with Gasteiger partial charge in [-0.3, -0.25) is 0 Å². The van der Waals surface area contributed by atoms with Crippen LogP contribution in [0.3, 0.4) is 0 Å². The number of anilines is 2. The van der Waals surface area contributed by atoms with Crippen LogP contribution in [-0.2, 0) is 0 Å². The Kier molecular flexibility index (Phi) is 5.26.